The Morgan fingerprint density at radius 1 is 0.903 bits per heavy atom. The smallest absolute Gasteiger partial charge is 0.335 e. The average Bonchev–Trinajstić information content (AvgIpc) is 2.78. The van der Waals surface area contributed by atoms with Crippen molar-refractivity contribution in [3.05, 3.63) is 83.9 Å². The van der Waals surface area contributed by atoms with Crippen LogP contribution in [-0.2, 0) is 10.0 Å². The standard InChI is InChI=1S/C22H18N2O6S/c23-15-17-3-1-2-4-21(17)31(27,28)24-18-7-11-20(12-8-18)30-14-13-29-19-9-5-16(6-10-19)22(25)26/h1-12,24H,13-14H2,(H,25,26). The largest absolute Gasteiger partial charge is 0.490 e. The molecule has 0 saturated carbocycles. The Kier molecular flexibility index (Phi) is 6.74. The number of nitrogens with one attached hydrogen (secondary N) is 1. The summed E-state index contributed by atoms with van der Waals surface area (Å²) < 4.78 is 38.5. The van der Waals surface area contributed by atoms with E-state index in [9.17, 15) is 13.2 Å². The number of sulfonamides is 1. The molecule has 0 aliphatic carbocycles. The van der Waals surface area contributed by atoms with E-state index in [4.69, 9.17) is 19.8 Å². The third kappa shape index (κ3) is 5.74. The Balaban J connectivity index is 1.52. The van der Waals surface area contributed by atoms with Gasteiger partial charge in [-0.3, -0.25) is 4.72 Å². The Labute approximate surface area is 179 Å². The maximum absolute atomic E-state index is 12.5. The van der Waals surface area contributed by atoms with Gasteiger partial charge in [-0.25, -0.2) is 13.2 Å². The SMILES string of the molecule is N#Cc1ccccc1S(=O)(=O)Nc1ccc(OCCOc2ccc(C(=O)O)cc2)cc1. The van der Waals surface area contributed by atoms with Gasteiger partial charge >= 0.3 is 5.97 Å². The lowest BCUT2D eigenvalue weighted by Crippen LogP contribution is -2.14. The van der Waals surface area contributed by atoms with Gasteiger partial charge in [0, 0.05) is 5.69 Å². The number of ether oxygens (including phenoxy) is 2. The fourth-order valence-corrected chi connectivity index (χ4v) is 3.85. The van der Waals surface area contributed by atoms with E-state index in [0.29, 0.717) is 17.2 Å². The van der Waals surface area contributed by atoms with E-state index in [1.165, 1.54) is 24.3 Å². The van der Waals surface area contributed by atoms with E-state index in [1.807, 2.05) is 6.07 Å². The molecule has 0 aliphatic heterocycles. The molecule has 2 N–H and O–H groups in total. The van der Waals surface area contributed by atoms with E-state index in [2.05, 4.69) is 4.72 Å². The number of anilines is 1. The second-order valence-electron chi connectivity index (χ2n) is 6.26. The molecule has 0 bridgehead atoms. The molecule has 0 heterocycles. The Morgan fingerprint density at radius 3 is 2.00 bits per heavy atom. The van der Waals surface area contributed by atoms with Crippen LogP contribution in [0.1, 0.15) is 15.9 Å². The summed E-state index contributed by atoms with van der Waals surface area (Å²) in [6.45, 7) is 0.479. The van der Waals surface area contributed by atoms with E-state index >= 15 is 0 Å². The lowest BCUT2D eigenvalue weighted by molar-refractivity contribution is 0.0697. The number of carboxylic acids is 1. The lowest BCUT2D eigenvalue weighted by Gasteiger charge is -2.11. The van der Waals surface area contributed by atoms with Gasteiger partial charge in [0.2, 0.25) is 0 Å². The average molecular weight is 438 g/mol. The van der Waals surface area contributed by atoms with Crippen molar-refractivity contribution < 1.29 is 27.8 Å². The number of hydrogen-bond donors (Lipinski definition) is 2. The molecular formula is C22H18N2O6S. The Hall–Kier alpha value is -4.03. The van der Waals surface area contributed by atoms with Crippen LogP contribution in [-0.4, -0.2) is 32.7 Å². The summed E-state index contributed by atoms with van der Waals surface area (Å²) in [6.07, 6.45) is 0. The number of benzene rings is 3. The molecule has 0 spiro atoms. The Bertz CT molecular complexity index is 1200. The second-order valence-corrected chi connectivity index (χ2v) is 7.92. The van der Waals surface area contributed by atoms with Crippen LogP contribution in [0.5, 0.6) is 11.5 Å². The number of carbonyl (C=O) groups is 1. The topological polar surface area (TPSA) is 126 Å². The van der Waals surface area contributed by atoms with Gasteiger partial charge in [-0.1, -0.05) is 12.1 Å². The summed E-state index contributed by atoms with van der Waals surface area (Å²) in [6, 6.07) is 20.2. The minimum absolute atomic E-state index is 0.0625. The van der Waals surface area contributed by atoms with E-state index in [-0.39, 0.29) is 29.2 Å². The summed E-state index contributed by atoms with van der Waals surface area (Å²) >= 11 is 0. The minimum Gasteiger partial charge on any atom is -0.490 e. The van der Waals surface area contributed by atoms with E-state index in [1.54, 1.807) is 48.5 Å². The second kappa shape index (κ2) is 9.65. The maximum atomic E-state index is 12.5. The van der Waals surface area contributed by atoms with Crippen molar-refractivity contribution in [3.8, 4) is 17.6 Å². The van der Waals surface area contributed by atoms with Crippen molar-refractivity contribution >= 4 is 21.7 Å². The molecule has 3 rings (SSSR count). The first-order chi connectivity index (χ1) is 14.9. The van der Waals surface area contributed by atoms with Crippen LogP contribution in [0.2, 0.25) is 0 Å². The lowest BCUT2D eigenvalue weighted by atomic mass is 10.2. The van der Waals surface area contributed by atoms with Crippen LogP contribution >= 0.6 is 0 Å². The third-order valence-corrected chi connectivity index (χ3v) is 5.57. The molecule has 0 aromatic heterocycles. The van der Waals surface area contributed by atoms with Gasteiger partial charge in [-0.2, -0.15) is 5.26 Å². The number of hydrogen-bond acceptors (Lipinski definition) is 6. The van der Waals surface area contributed by atoms with Crippen LogP contribution in [0.3, 0.4) is 0 Å². The highest BCUT2D eigenvalue weighted by atomic mass is 32.2. The quantitative estimate of drug-likeness (QED) is 0.490. The van der Waals surface area contributed by atoms with Gasteiger partial charge < -0.3 is 14.6 Å². The molecule has 9 heteroatoms. The Morgan fingerprint density at radius 2 is 1.45 bits per heavy atom. The fourth-order valence-electron chi connectivity index (χ4n) is 2.64. The van der Waals surface area contributed by atoms with Gasteiger partial charge in [0.05, 0.1) is 11.1 Å². The van der Waals surface area contributed by atoms with Gasteiger partial charge in [0.15, 0.2) is 0 Å². The van der Waals surface area contributed by atoms with Gasteiger partial charge in [0.25, 0.3) is 10.0 Å². The number of aromatic carboxylic acids is 1. The first-order valence-corrected chi connectivity index (χ1v) is 10.6. The first-order valence-electron chi connectivity index (χ1n) is 9.10. The summed E-state index contributed by atoms with van der Waals surface area (Å²) in [5, 5.41) is 18.0. The van der Waals surface area contributed by atoms with Crippen molar-refractivity contribution in [2.75, 3.05) is 17.9 Å². The minimum atomic E-state index is -3.90. The van der Waals surface area contributed by atoms with Crippen molar-refractivity contribution in [2.45, 2.75) is 4.90 Å². The molecule has 31 heavy (non-hydrogen) atoms. The first kappa shape index (κ1) is 21.7. The highest BCUT2D eigenvalue weighted by Gasteiger charge is 2.18. The van der Waals surface area contributed by atoms with Gasteiger partial charge in [-0.15, -0.1) is 0 Å². The summed E-state index contributed by atoms with van der Waals surface area (Å²) in [5.41, 5.74) is 0.567. The molecule has 0 fully saturated rings. The predicted molar refractivity (Wildman–Crippen MR) is 113 cm³/mol. The normalized spacial score (nSPS) is 10.7. The van der Waals surface area contributed by atoms with Gasteiger partial charge in [-0.05, 0) is 60.7 Å². The van der Waals surface area contributed by atoms with Crippen LogP contribution in [0.4, 0.5) is 5.69 Å². The van der Waals surface area contributed by atoms with Gasteiger partial charge in [0.1, 0.15) is 35.7 Å². The maximum Gasteiger partial charge on any atom is 0.335 e. The molecule has 0 saturated heterocycles. The summed E-state index contributed by atoms with van der Waals surface area (Å²) in [7, 11) is -3.90. The molecular weight excluding hydrogens is 420 g/mol. The van der Waals surface area contributed by atoms with Crippen molar-refractivity contribution in [1.82, 2.24) is 0 Å². The number of nitrogens with zero attached hydrogens (tertiary/aromatic N) is 1. The zero-order chi connectivity index (χ0) is 22.3. The van der Waals surface area contributed by atoms with E-state index < -0.39 is 16.0 Å². The fraction of sp³-hybridized carbons (Fsp3) is 0.0909. The number of nitriles is 1. The summed E-state index contributed by atoms with van der Waals surface area (Å²) in [5.74, 6) is 0.0381. The number of carboxylic acid groups (broad SMARTS) is 1. The molecule has 0 radical (unpaired) electrons. The molecule has 3 aromatic carbocycles. The third-order valence-electron chi connectivity index (χ3n) is 4.13. The van der Waals surface area contributed by atoms with Crippen LogP contribution < -0.4 is 14.2 Å². The van der Waals surface area contributed by atoms with Crippen LogP contribution in [0.25, 0.3) is 0 Å². The molecule has 0 atom stereocenters. The monoisotopic (exact) mass is 438 g/mol. The zero-order valence-corrected chi connectivity index (χ0v) is 17.0. The highest BCUT2D eigenvalue weighted by Crippen LogP contribution is 2.21. The highest BCUT2D eigenvalue weighted by molar-refractivity contribution is 7.92. The van der Waals surface area contributed by atoms with Crippen molar-refractivity contribution in [1.29, 1.82) is 5.26 Å². The van der Waals surface area contributed by atoms with E-state index in [0.717, 1.165) is 0 Å². The van der Waals surface area contributed by atoms with Crippen LogP contribution in [0, 0.1) is 11.3 Å². The summed E-state index contributed by atoms with van der Waals surface area (Å²) in [4.78, 5) is 10.7. The van der Waals surface area contributed by atoms with Crippen molar-refractivity contribution in [2.24, 2.45) is 0 Å². The molecule has 0 aliphatic rings. The zero-order valence-electron chi connectivity index (χ0n) is 16.2. The number of rotatable bonds is 9. The molecule has 8 nitrogen and oxygen atoms in total. The van der Waals surface area contributed by atoms with Crippen molar-refractivity contribution in [3.63, 3.8) is 0 Å². The molecule has 3 aromatic rings. The molecule has 0 unspecified atom stereocenters. The molecule has 0 amide bonds. The molecule has 158 valence electrons. The predicted octanol–water partition coefficient (Wildman–Crippen LogP) is 3.52. The van der Waals surface area contributed by atoms with Crippen LogP contribution in [0.15, 0.2) is 77.7 Å².